The topological polar surface area (TPSA) is 67.8 Å². The molecule has 0 atom stereocenters. The Bertz CT molecular complexity index is 426. The maximum absolute atomic E-state index is 11.1. The Balaban J connectivity index is 2.28. The van der Waals surface area contributed by atoms with Gasteiger partial charge in [0.05, 0.1) is 18.8 Å². The van der Waals surface area contributed by atoms with Crippen LogP contribution in [0.3, 0.4) is 0 Å². The quantitative estimate of drug-likeness (QED) is 0.638. The molecule has 0 radical (unpaired) electrons. The molecule has 20 heavy (non-hydrogen) atoms. The molecule has 5 nitrogen and oxygen atoms in total. The highest BCUT2D eigenvalue weighted by atomic mass is 79.9. The number of unbranched alkanes of at least 4 members (excludes halogenated alkanes) is 1. The lowest BCUT2D eigenvalue weighted by Crippen LogP contribution is -2.09. The van der Waals surface area contributed by atoms with E-state index in [-0.39, 0.29) is 5.56 Å². The number of nitrogens with one attached hydrogen (secondary N) is 1. The molecule has 0 saturated heterocycles. The third-order valence-corrected chi connectivity index (χ3v) is 3.17. The van der Waals surface area contributed by atoms with Gasteiger partial charge in [-0.15, -0.1) is 0 Å². The molecule has 0 fully saturated rings. The lowest BCUT2D eigenvalue weighted by atomic mass is 10.1. The number of anilines is 1. The molecule has 0 amide bonds. The summed E-state index contributed by atoms with van der Waals surface area (Å²) in [5.41, 5.74) is 0.914. The van der Waals surface area contributed by atoms with Gasteiger partial charge in [0.1, 0.15) is 0 Å². The van der Waals surface area contributed by atoms with Gasteiger partial charge >= 0.3 is 5.97 Å². The monoisotopic (exact) mass is 345 g/mol. The van der Waals surface area contributed by atoms with E-state index in [4.69, 9.17) is 14.6 Å². The van der Waals surface area contributed by atoms with E-state index >= 15 is 0 Å². The molecule has 0 aromatic heterocycles. The van der Waals surface area contributed by atoms with Gasteiger partial charge in [-0.05, 0) is 31.0 Å². The van der Waals surface area contributed by atoms with Crippen LogP contribution in [-0.2, 0) is 9.47 Å². The number of hydrogen-bond acceptors (Lipinski definition) is 4. The van der Waals surface area contributed by atoms with Crippen molar-refractivity contribution in [3.8, 4) is 0 Å². The van der Waals surface area contributed by atoms with E-state index in [1.54, 1.807) is 25.3 Å². The zero-order chi connectivity index (χ0) is 14.8. The van der Waals surface area contributed by atoms with Gasteiger partial charge in [-0.3, -0.25) is 0 Å². The number of carboxylic acid groups (broad SMARTS) is 1. The van der Waals surface area contributed by atoms with Gasteiger partial charge in [-0.2, -0.15) is 0 Å². The summed E-state index contributed by atoms with van der Waals surface area (Å²) in [6.07, 6.45) is 1.84. The predicted octanol–water partition coefficient (Wildman–Crippen LogP) is 3.00. The lowest BCUT2D eigenvalue weighted by Gasteiger charge is -2.10. The summed E-state index contributed by atoms with van der Waals surface area (Å²) < 4.78 is 11.1. The SMILES string of the molecule is COCCOCCCCNc1cc(Br)ccc1C(=O)O. The lowest BCUT2D eigenvalue weighted by molar-refractivity contribution is 0.0690. The van der Waals surface area contributed by atoms with Crippen molar-refractivity contribution in [2.75, 3.05) is 38.8 Å². The van der Waals surface area contributed by atoms with Crippen LogP contribution in [0.5, 0.6) is 0 Å². The van der Waals surface area contributed by atoms with Crippen molar-refractivity contribution in [1.82, 2.24) is 0 Å². The minimum Gasteiger partial charge on any atom is -0.478 e. The van der Waals surface area contributed by atoms with Gasteiger partial charge in [-0.25, -0.2) is 4.79 Å². The highest BCUT2D eigenvalue weighted by Crippen LogP contribution is 2.21. The normalized spacial score (nSPS) is 10.5. The highest BCUT2D eigenvalue weighted by Gasteiger charge is 2.09. The molecule has 6 heteroatoms. The van der Waals surface area contributed by atoms with Gasteiger partial charge in [-0.1, -0.05) is 15.9 Å². The molecular weight excluding hydrogens is 326 g/mol. The van der Waals surface area contributed by atoms with Crippen molar-refractivity contribution in [2.24, 2.45) is 0 Å². The number of benzene rings is 1. The summed E-state index contributed by atoms with van der Waals surface area (Å²) >= 11 is 3.34. The number of carboxylic acids is 1. The Morgan fingerprint density at radius 1 is 1.30 bits per heavy atom. The van der Waals surface area contributed by atoms with Crippen molar-refractivity contribution in [3.05, 3.63) is 28.2 Å². The molecule has 1 rings (SSSR count). The van der Waals surface area contributed by atoms with Crippen LogP contribution < -0.4 is 5.32 Å². The fourth-order valence-electron chi connectivity index (χ4n) is 1.65. The molecule has 0 aliphatic heterocycles. The maximum Gasteiger partial charge on any atom is 0.337 e. The summed E-state index contributed by atoms with van der Waals surface area (Å²) in [7, 11) is 1.64. The zero-order valence-corrected chi connectivity index (χ0v) is 13.1. The Morgan fingerprint density at radius 3 is 2.80 bits per heavy atom. The van der Waals surface area contributed by atoms with Crippen molar-refractivity contribution >= 4 is 27.6 Å². The van der Waals surface area contributed by atoms with Crippen LogP contribution in [0.25, 0.3) is 0 Å². The largest absolute Gasteiger partial charge is 0.478 e. The van der Waals surface area contributed by atoms with Gasteiger partial charge in [0, 0.05) is 30.4 Å². The van der Waals surface area contributed by atoms with Crippen LogP contribution in [0.4, 0.5) is 5.69 Å². The first-order valence-electron chi connectivity index (χ1n) is 6.48. The number of halogens is 1. The molecule has 0 aliphatic carbocycles. The summed E-state index contributed by atoms with van der Waals surface area (Å²) in [6.45, 7) is 2.62. The fourth-order valence-corrected chi connectivity index (χ4v) is 2.01. The van der Waals surface area contributed by atoms with Crippen molar-refractivity contribution in [3.63, 3.8) is 0 Å². The van der Waals surface area contributed by atoms with Gasteiger partial charge in [0.2, 0.25) is 0 Å². The van der Waals surface area contributed by atoms with Crippen molar-refractivity contribution in [1.29, 1.82) is 0 Å². The van der Waals surface area contributed by atoms with Crippen LogP contribution >= 0.6 is 15.9 Å². The second-order valence-electron chi connectivity index (χ2n) is 4.23. The minimum absolute atomic E-state index is 0.282. The summed E-state index contributed by atoms with van der Waals surface area (Å²) in [6, 6.07) is 5.08. The smallest absolute Gasteiger partial charge is 0.337 e. The molecule has 0 aliphatic rings. The second kappa shape index (κ2) is 9.74. The standard InChI is InChI=1S/C14H20BrNO4/c1-19-8-9-20-7-3-2-6-16-13-10-11(15)4-5-12(13)14(17)18/h4-5,10,16H,2-3,6-9H2,1H3,(H,17,18). The molecule has 0 heterocycles. The second-order valence-corrected chi connectivity index (χ2v) is 5.15. The third-order valence-electron chi connectivity index (χ3n) is 2.67. The Kier molecular flexibility index (Phi) is 8.25. The fraction of sp³-hybridized carbons (Fsp3) is 0.500. The minimum atomic E-state index is -0.928. The van der Waals surface area contributed by atoms with E-state index in [0.29, 0.717) is 32.1 Å². The van der Waals surface area contributed by atoms with E-state index in [0.717, 1.165) is 17.3 Å². The molecule has 0 saturated carbocycles. The number of hydrogen-bond donors (Lipinski definition) is 2. The van der Waals surface area contributed by atoms with E-state index in [2.05, 4.69) is 21.2 Å². The predicted molar refractivity (Wildman–Crippen MR) is 81.5 cm³/mol. The molecule has 0 spiro atoms. The van der Waals surface area contributed by atoms with Gasteiger partial charge < -0.3 is 19.9 Å². The highest BCUT2D eigenvalue weighted by molar-refractivity contribution is 9.10. The van der Waals surface area contributed by atoms with Crippen LogP contribution in [0.15, 0.2) is 22.7 Å². The molecule has 0 unspecified atom stereocenters. The first-order chi connectivity index (χ1) is 9.65. The van der Waals surface area contributed by atoms with Crippen LogP contribution in [0.1, 0.15) is 23.2 Å². The molecule has 112 valence electrons. The maximum atomic E-state index is 11.1. The van der Waals surface area contributed by atoms with E-state index < -0.39 is 5.97 Å². The summed E-state index contributed by atoms with van der Waals surface area (Å²) in [5.74, 6) is -0.928. The number of methoxy groups -OCH3 is 1. The Labute approximate surface area is 127 Å². The Hall–Kier alpha value is -1.11. The van der Waals surface area contributed by atoms with E-state index in [1.165, 1.54) is 0 Å². The average Bonchev–Trinajstić information content (AvgIpc) is 2.41. The average molecular weight is 346 g/mol. The van der Waals surface area contributed by atoms with Crippen LogP contribution in [-0.4, -0.2) is 44.6 Å². The molecule has 1 aromatic rings. The molecule has 1 aromatic carbocycles. The molecule has 2 N–H and O–H groups in total. The van der Waals surface area contributed by atoms with E-state index in [9.17, 15) is 4.79 Å². The number of rotatable bonds is 10. The van der Waals surface area contributed by atoms with Gasteiger partial charge in [0.15, 0.2) is 0 Å². The first-order valence-corrected chi connectivity index (χ1v) is 7.28. The third kappa shape index (κ3) is 6.36. The first kappa shape index (κ1) is 16.9. The molecule has 0 bridgehead atoms. The number of carbonyl (C=O) groups is 1. The van der Waals surface area contributed by atoms with Gasteiger partial charge in [0.25, 0.3) is 0 Å². The van der Waals surface area contributed by atoms with Crippen LogP contribution in [0, 0.1) is 0 Å². The summed E-state index contributed by atoms with van der Waals surface area (Å²) in [4.78, 5) is 11.1. The summed E-state index contributed by atoms with van der Waals surface area (Å²) in [5, 5.41) is 12.2. The Morgan fingerprint density at radius 2 is 2.10 bits per heavy atom. The van der Waals surface area contributed by atoms with Crippen molar-refractivity contribution < 1.29 is 19.4 Å². The zero-order valence-electron chi connectivity index (χ0n) is 11.5. The number of aromatic carboxylic acids is 1. The van der Waals surface area contributed by atoms with Crippen LogP contribution in [0.2, 0.25) is 0 Å². The van der Waals surface area contributed by atoms with Crippen molar-refractivity contribution in [2.45, 2.75) is 12.8 Å². The molecular formula is C14H20BrNO4. The number of ether oxygens (including phenoxy) is 2. The van der Waals surface area contributed by atoms with E-state index in [1.807, 2.05) is 0 Å².